The number of benzene rings is 3. The van der Waals surface area contributed by atoms with Gasteiger partial charge in [-0.05, 0) is 47.9 Å². The molecule has 0 radical (unpaired) electrons. The molecule has 5 rings (SSSR count). The van der Waals surface area contributed by atoms with E-state index in [-0.39, 0.29) is 22.3 Å². The van der Waals surface area contributed by atoms with E-state index in [1.807, 2.05) is 36.4 Å². The van der Waals surface area contributed by atoms with Gasteiger partial charge in [0, 0.05) is 16.7 Å². The largest absolute Gasteiger partial charge is 0.324 e. The van der Waals surface area contributed by atoms with Gasteiger partial charge in [-0.25, -0.2) is 9.07 Å². The minimum Gasteiger partial charge on any atom is -0.324 e. The highest BCUT2D eigenvalue weighted by Gasteiger charge is 2.38. The van der Waals surface area contributed by atoms with E-state index >= 15 is 0 Å². The third kappa shape index (κ3) is 4.44. The van der Waals surface area contributed by atoms with E-state index in [2.05, 4.69) is 31.6 Å². The zero-order chi connectivity index (χ0) is 24.5. The molecule has 0 bridgehead atoms. The minimum absolute atomic E-state index is 0.0136. The third-order valence-electron chi connectivity index (χ3n) is 5.81. The number of rotatable bonds is 4. The molecule has 2 amide bonds. The molecule has 0 saturated carbocycles. The summed E-state index contributed by atoms with van der Waals surface area (Å²) in [6.45, 7) is 0.291. The van der Waals surface area contributed by atoms with Crippen molar-refractivity contribution < 1.29 is 14.0 Å². The zero-order valence-corrected chi connectivity index (χ0v) is 20.5. The van der Waals surface area contributed by atoms with Crippen LogP contribution >= 0.6 is 27.5 Å². The number of amides is 2. The summed E-state index contributed by atoms with van der Waals surface area (Å²) in [5.41, 5.74) is 2.36. The van der Waals surface area contributed by atoms with Crippen molar-refractivity contribution in [3.05, 3.63) is 105 Å². The first-order valence-electron chi connectivity index (χ1n) is 10.7. The molecule has 35 heavy (non-hydrogen) atoms. The predicted octanol–water partition coefficient (Wildman–Crippen LogP) is 5.20. The number of fused-ring (bicyclic) bond motifs is 1. The van der Waals surface area contributed by atoms with Gasteiger partial charge in [-0.1, -0.05) is 69.1 Å². The van der Waals surface area contributed by atoms with E-state index in [0.717, 1.165) is 20.3 Å². The highest BCUT2D eigenvalue weighted by molar-refractivity contribution is 9.10. The summed E-state index contributed by atoms with van der Waals surface area (Å²) in [5.74, 6) is -1.51. The number of halogens is 3. The van der Waals surface area contributed by atoms with Crippen molar-refractivity contribution in [1.82, 2.24) is 19.9 Å². The van der Waals surface area contributed by atoms with Gasteiger partial charge in [0.15, 0.2) is 11.5 Å². The quantitative estimate of drug-likeness (QED) is 0.376. The Labute approximate surface area is 213 Å². The van der Waals surface area contributed by atoms with E-state index in [4.69, 9.17) is 11.6 Å². The molecule has 10 heteroatoms. The van der Waals surface area contributed by atoms with Gasteiger partial charge in [0.25, 0.3) is 11.8 Å². The Kier molecular flexibility index (Phi) is 6.36. The van der Waals surface area contributed by atoms with E-state index in [9.17, 15) is 14.0 Å². The van der Waals surface area contributed by atoms with Crippen molar-refractivity contribution >= 4 is 45.0 Å². The van der Waals surface area contributed by atoms with Gasteiger partial charge in [-0.3, -0.25) is 9.59 Å². The highest BCUT2D eigenvalue weighted by atomic mass is 79.9. The van der Waals surface area contributed by atoms with Gasteiger partial charge in [0.2, 0.25) is 0 Å². The van der Waals surface area contributed by atoms with E-state index in [1.54, 1.807) is 18.2 Å². The van der Waals surface area contributed by atoms with Crippen LogP contribution in [0.2, 0.25) is 5.02 Å². The van der Waals surface area contributed by atoms with E-state index in [0.29, 0.717) is 18.7 Å². The number of hydrogen-bond acceptors (Lipinski definition) is 4. The normalized spacial score (nSPS) is 14.9. The number of anilines is 1. The number of aromatic nitrogens is 3. The van der Waals surface area contributed by atoms with Crippen molar-refractivity contribution in [2.75, 3.05) is 11.9 Å². The molecule has 1 aliphatic rings. The Bertz CT molecular complexity index is 1430. The average molecular weight is 555 g/mol. The molecule has 0 saturated heterocycles. The van der Waals surface area contributed by atoms with Crippen molar-refractivity contribution in [2.45, 2.75) is 12.5 Å². The van der Waals surface area contributed by atoms with Crippen LogP contribution in [0.15, 0.2) is 77.4 Å². The lowest BCUT2D eigenvalue weighted by Crippen LogP contribution is -2.45. The molecule has 1 aliphatic heterocycles. The van der Waals surface area contributed by atoms with Crippen LogP contribution < -0.4 is 5.32 Å². The Balaban J connectivity index is 1.50. The summed E-state index contributed by atoms with van der Waals surface area (Å²) >= 11 is 9.44. The molecular weight excluding hydrogens is 537 g/mol. The smallest absolute Gasteiger partial charge is 0.277 e. The molecule has 0 fully saturated rings. The maximum Gasteiger partial charge on any atom is 0.277 e. The van der Waals surface area contributed by atoms with Gasteiger partial charge >= 0.3 is 0 Å². The molecule has 7 nitrogen and oxygen atoms in total. The first-order valence-corrected chi connectivity index (χ1v) is 11.9. The number of hydrogen-bond donors (Lipinski definition) is 1. The summed E-state index contributed by atoms with van der Waals surface area (Å²) in [5, 5.41) is 10.7. The second-order valence-corrected chi connectivity index (χ2v) is 9.20. The minimum atomic E-state index is -0.892. The zero-order valence-electron chi connectivity index (χ0n) is 18.2. The SMILES string of the molecule is O=C(Nc1ccccc1)C1c2cccc(Br)c2CCN1C(=O)c1cn(-c2cccc(Cl)c2F)nn1. The fourth-order valence-electron chi connectivity index (χ4n) is 4.15. The lowest BCUT2D eigenvalue weighted by atomic mass is 9.91. The number of carbonyl (C=O) groups is 2. The predicted molar refractivity (Wildman–Crippen MR) is 133 cm³/mol. The lowest BCUT2D eigenvalue weighted by Gasteiger charge is -2.36. The van der Waals surface area contributed by atoms with Crippen LogP contribution in [-0.2, 0) is 11.2 Å². The molecule has 3 aromatic carbocycles. The molecule has 1 aromatic heterocycles. The lowest BCUT2D eigenvalue weighted by molar-refractivity contribution is -0.121. The second kappa shape index (κ2) is 9.59. The van der Waals surface area contributed by atoms with Crippen molar-refractivity contribution in [3.8, 4) is 5.69 Å². The van der Waals surface area contributed by atoms with Crippen molar-refractivity contribution in [1.29, 1.82) is 0 Å². The number of nitrogens with zero attached hydrogens (tertiary/aromatic N) is 4. The van der Waals surface area contributed by atoms with Crippen LogP contribution in [0, 0.1) is 5.82 Å². The van der Waals surface area contributed by atoms with Crippen LogP contribution in [0.25, 0.3) is 5.69 Å². The Morgan fingerprint density at radius 2 is 1.83 bits per heavy atom. The molecule has 1 N–H and O–H groups in total. The first-order chi connectivity index (χ1) is 16.9. The Morgan fingerprint density at radius 3 is 2.63 bits per heavy atom. The van der Waals surface area contributed by atoms with Crippen molar-refractivity contribution in [3.63, 3.8) is 0 Å². The molecule has 176 valence electrons. The maximum absolute atomic E-state index is 14.5. The average Bonchev–Trinajstić information content (AvgIpc) is 3.35. The Hall–Kier alpha value is -3.56. The topological polar surface area (TPSA) is 80.1 Å². The summed E-state index contributed by atoms with van der Waals surface area (Å²) in [7, 11) is 0. The van der Waals surface area contributed by atoms with Gasteiger partial charge in [0.1, 0.15) is 11.7 Å². The molecule has 1 unspecified atom stereocenters. The summed E-state index contributed by atoms with van der Waals surface area (Å²) in [6, 6.07) is 18.2. The fourth-order valence-corrected chi connectivity index (χ4v) is 4.90. The van der Waals surface area contributed by atoms with Gasteiger partial charge in [-0.2, -0.15) is 0 Å². The van der Waals surface area contributed by atoms with E-state index in [1.165, 1.54) is 23.2 Å². The molecule has 2 heterocycles. The Morgan fingerprint density at radius 1 is 1.06 bits per heavy atom. The number of nitrogens with one attached hydrogen (secondary N) is 1. The standard InChI is InChI=1S/C25H18BrClFN5O2/c26-18-9-4-8-17-16(18)12-13-32(23(17)24(34)29-15-6-2-1-3-7-15)25(35)20-14-33(31-30-20)21-11-5-10-19(27)22(21)28/h1-11,14,23H,12-13H2,(H,29,34). The molecule has 0 aliphatic carbocycles. The molecule has 0 spiro atoms. The second-order valence-electron chi connectivity index (χ2n) is 7.94. The summed E-state index contributed by atoms with van der Waals surface area (Å²) < 4.78 is 16.5. The number of carbonyl (C=O) groups excluding carboxylic acids is 2. The van der Waals surface area contributed by atoms with Crippen molar-refractivity contribution in [2.24, 2.45) is 0 Å². The summed E-state index contributed by atoms with van der Waals surface area (Å²) in [4.78, 5) is 28.5. The maximum atomic E-state index is 14.5. The molecule has 4 aromatic rings. The van der Waals surface area contributed by atoms with Crippen LogP contribution in [-0.4, -0.2) is 38.3 Å². The molecular formula is C25H18BrClFN5O2. The summed E-state index contributed by atoms with van der Waals surface area (Å²) in [6.07, 6.45) is 1.88. The fraction of sp³-hybridized carbons (Fsp3) is 0.120. The van der Waals surface area contributed by atoms with Crippen LogP contribution in [0.1, 0.15) is 27.7 Å². The third-order valence-corrected chi connectivity index (χ3v) is 6.84. The molecule has 1 atom stereocenters. The van der Waals surface area contributed by atoms with E-state index < -0.39 is 17.8 Å². The van der Waals surface area contributed by atoms with Gasteiger partial charge in [0.05, 0.1) is 11.2 Å². The first kappa shape index (κ1) is 23.2. The monoisotopic (exact) mass is 553 g/mol. The van der Waals surface area contributed by atoms with Gasteiger partial charge < -0.3 is 10.2 Å². The van der Waals surface area contributed by atoms with Gasteiger partial charge in [-0.15, -0.1) is 5.10 Å². The number of para-hydroxylation sites is 1. The van der Waals surface area contributed by atoms with Crippen LogP contribution in [0.5, 0.6) is 0 Å². The van der Waals surface area contributed by atoms with Crippen LogP contribution in [0.4, 0.5) is 10.1 Å². The highest BCUT2D eigenvalue weighted by Crippen LogP contribution is 2.35. The van der Waals surface area contributed by atoms with Crippen LogP contribution in [0.3, 0.4) is 0 Å².